The van der Waals surface area contributed by atoms with Gasteiger partial charge in [0.25, 0.3) is 10.0 Å². The van der Waals surface area contributed by atoms with Crippen LogP contribution in [0.25, 0.3) is 33.4 Å². The van der Waals surface area contributed by atoms with E-state index in [9.17, 15) is 13.7 Å². The largest absolute Gasteiger partial charge is 0.488 e. The van der Waals surface area contributed by atoms with Crippen molar-refractivity contribution >= 4 is 26.7 Å². The van der Waals surface area contributed by atoms with Gasteiger partial charge < -0.3 is 19.7 Å². The van der Waals surface area contributed by atoms with Gasteiger partial charge in [-0.25, -0.2) is 17.4 Å². The molecule has 2 saturated heterocycles. The predicted molar refractivity (Wildman–Crippen MR) is 169 cm³/mol. The number of benzene rings is 3. The van der Waals surface area contributed by atoms with Crippen LogP contribution in [-0.2, 0) is 14.8 Å². The van der Waals surface area contributed by atoms with Crippen LogP contribution in [0.1, 0.15) is 12.0 Å². The van der Waals surface area contributed by atoms with Gasteiger partial charge in [0.1, 0.15) is 17.9 Å². The molecule has 0 amide bonds. The lowest BCUT2D eigenvalue weighted by Crippen LogP contribution is -2.36. The number of nitrogens with one attached hydrogen (secondary N) is 1. The molecule has 1 atom stereocenters. The van der Waals surface area contributed by atoms with E-state index in [2.05, 4.69) is 21.3 Å². The third-order valence-electron chi connectivity index (χ3n) is 8.20. The molecule has 0 radical (unpaired) electrons. The van der Waals surface area contributed by atoms with Gasteiger partial charge in [0, 0.05) is 36.9 Å². The van der Waals surface area contributed by atoms with Crippen LogP contribution in [0.2, 0.25) is 0 Å². The van der Waals surface area contributed by atoms with Crippen LogP contribution < -0.4 is 15.0 Å². The molecule has 2 aliphatic rings. The second-order valence-electron chi connectivity index (χ2n) is 10.9. The van der Waals surface area contributed by atoms with Crippen LogP contribution in [0.3, 0.4) is 0 Å². The van der Waals surface area contributed by atoms with Crippen molar-refractivity contribution in [1.29, 1.82) is 5.26 Å². The topological polar surface area (TPSA) is 109 Å². The Labute approximate surface area is 256 Å². The monoisotopic (exact) mass is 605 g/mol. The van der Waals surface area contributed by atoms with Gasteiger partial charge in [-0.15, -0.1) is 0 Å². The minimum atomic E-state index is -4.01. The van der Waals surface area contributed by atoms with Gasteiger partial charge in [0.2, 0.25) is 0 Å². The van der Waals surface area contributed by atoms with Crippen molar-refractivity contribution < 1.29 is 17.9 Å². The van der Waals surface area contributed by atoms with Gasteiger partial charge >= 0.3 is 0 Å². The lowest BCUT2D eigenvalue weighted by Gasteiger charge is -2.28. The number of rotatable bonds is 7. The summed E-state index contributed by atoms with van der Waals surface area (Å²) in [5.74, 6) is 0.542. The Bertz CT molecular complexity index is 1960. The summed E-state index contributed by atoms with van der Waals surface area (Å²) in [6.45, 7) is 4.61. The molecule has 2 fully saturated rings. The van der Waals surface area contributed by atoms with Crippen molar-refractivity contribution in [2.75, 3.05) is 44.3 Å². The number of nitriles is 1. The lowest BCUT2D eigenvalue weighted by molar-refractivity contribution is 0.122. The molecule has 0 bridgehead atoms. The van der Waals surface area contributed by atoms with Crippen molar-refractivity contribution in [2.45, 2.75) is 17.4 Å². The Balaban J connectivity index is 1.37. The molecule has 0 aliphatic carbocycles. The fourth-order valence-corrected chi connectivity index (χ4v) is 7.43. The molecule has 10 heteroatoms. The lowest BCUT2D eigenvalue weighted by atomic mass is 10.0. The van der Waals surface area contributed by atoms with Crippen molar-refractivity contribution in [3.8, 4) is 34.2 Å². The molecule has 7 rings (SSSR count). The first-order valence-corrected chi connectivity index (χ1v) is 16.1. The smallest absolute Gasteiger partial charge is 0.269 e. The maximum Gasteiger partial charge on any atom is 0.269 e. The van der Waals surface area contributed by atoms with E-state index < -0.39 is 10.0 Å². The standard InChI is InChI=1S/C34H31N5O4S/c35-22-26-20-25(8-11-33(26)43-28-12-14-36-23-28)30-13-15-37-34-31(30)21-32(39(34)44(40,41)29-4-2-1-3-5-29)24-6-9-27(10-7-24)38-16-18-42-19-17-38/h1-11,13,15,20-21,28,36H,12,14,16-19,23H2/t28-/m0/s1. The van der Waals surface area contributed by atoms with Crippen LogP contribution in [0.4, 0.5) is 5.69 Å². The predicted octanol–water partition coefficient (Wildman–Crippen LogP) is 5.06. The van der Waals surface area contributed by atoms with Gasteiger partial charge in [-0.1, -0.05) is 36.4 Å². The Hall–Kier alpha value is -4.69. The number of aromatic nitrogens is 2. The summed E-state index contributed by atoms with van der Waals surface area (Å²) in [6, 6.07) is 27.9. The van der Waals surface area contributed by atoms with Crippen molar-refractivity contribution in [2.24, 2.45) is 0 Å². The van der Waals surface area contributed by atoms with Gasteiger partial charge in [0.05, 0.1) is 29.4 Å². The van der Waals surface area contributed by atoms with E-state index in [1.807, 2.05) is 48.5 Å². The first-order chi connectivity index (χ1) is 21.5. The van der Waals surface area contributed by atoms with E-state index >= 15 is 0 Å². The summed E-state index contributed by atoms with van der Waals surface area (Å²) in [4.78, 5) is 7.02. The number of anilines is 1. The summed E-state index contributed by atoms with van der Waals surface area (Å²) in [7, 11) is -4.01. The fourth-order valence-electron chi connectivity index (χ4n) is 5.93. The number of hydrogen-bond acceptors (Lipinski definition) is 8. The Kier molecular flexibility index (Phi) is 7.52. The first-order valence-electron chi connectivity index (χ1n) is 14.7. The zero-order valence-corrected chi connectivity index (χ0v) is 24.8. The molecule has 44 heavy (non-hydrogen) atoms. The molecule has 2 aromatic heterocycles. The highest BCUT2D eigenvalue weighted by Crippen LogP contribution is 2.38. The maximum absolute atomic E-state index is 14.2. The molecule has 4 heterocycles. The maximum atomic E-state index is 14.2. The van der Waals surface area contributed by atoms with Crippen LogP contribution in [0.5, 0.6) is 5.75 Å². The SMILES string of the molecule is N#Cc1cc(-c2ccnc3c2cc(-c2ccc(N4CCOCC4)cc2)n3S(=O)(=O)c2ccccc2)ccc1O[C@H]1CCNC1. The minimum absolute atomic E-state index is 0.0231. The highest BCUT2D eigenvalue weighted by molar-refractivity contribution is 7.90. The zero-order chi connectivity index (χ0) is 30.1. The van der Waals surface area contributed by atoms with E-state index in [4.69, 9.17) is 9.47 Å². The van der Waals surface area contributed by atoms with E-state index in [-0.39, 0.29) is 11.0 Å². The molecular formula is C34H31N5O4S. The average Bonchev–Trinajstić information content (AvgIpc) is 3.74. The number of hydrogen-bond donors (Lipinski definition) is 1. The molecule has 1 N–H and O–H groups in total. The fraction of sp³-hybridized carbons (Fsp3) is 0.235. The second-order valence-corrected chi connectivity index (χ2v) is 12.7. The number of ether oxygens (including phenoxy) is 2. The van der Waals surface area contributed by atoms with Gasteiger partial charge in [-0.05, 0) is 78.2 Å². The van der Waals surface area contributed by atoms with Crippen LogP contribution in [0.15, 0.2) is 96.0 Å². The van der Waals surface area contributed by atoms with E-state index in [0.717, 1.165) is 55.0 Å². The molecule has 222 valence electrons. The highest BCUT2D eigenvalue weighted by Gasteiger charge is 2.27. The summed E-state index contributed by atoms with van der Waals surface area (Å²) in [6.07, 6.45) is 2.52. The van der Waals surface area contributed by atoms with Crippen molar-refractivity contribution in [3.63, 3.8) is 0 Å². The average molecular weight is 606 g/mol. The second kappa shape index (κ2) is 11.8. The Morgan fingerprint density at radius 1 is 0.955 bits per heavy atom. The van der Waals surface area contributed by atoms with Crippen molar-refractivity contribution in [3.05, 3.63) is 96.7 Å². The molecule has 2 aliphatic heterocycles. The molecular weight excluding hydrogens is 574 g/mol. The Morgan fingerprint density at radius 2 is 1.73 bits per heavy atom. The van der Waals surface area contributed by atoms with Crippen LogP contribution in [-0.4, -0.2) is 62.9 Å². The summed E-state index contributed by atoms with van der Waals surface area (Å²) in [5.41, 5.74) is 4.60. The van der Waals surface area contributed by atoms with Crippen LogP contribution >= 0.6 is 0 Å². The van der Waals surface area contributed by atoms with Gasteiger partial charge in [0.15, 0.2) is 5.65 Å². The summed E-state index contributed by atoms with van der Waals surface area (Å²) in [5, 5.41) is 13.9. The molecule has 0 saturated carbocycles. The third kappa shape index (κ3) is 5.19. The number of pyridine rings is 1. The molecule has 0 spiro atoms. The zero-order valence-electron chi connectivity index (χ0n) is 24.0. The quantitative estimate of drug-likeness (QED) is 0.274. The van der Waals surface area contributed by atoms with Gasteiger partial charge in [-0.3, -0.25) is 0 Å². The van der Waals surface area contributed by atoms with Crippen LogP contribution in [0, 0.1) is 11.3 Å². The molecule has 0 unspecified atom stereocenters. The highest BCUT2D eigenvalue weighted by atomic mass is 32.2. The van der Waals surface area contributed by atoms with E-state index in [1.165, 1.54) is 3.97 Å². The van der Waals surface area contributed by atoms with Gasteiger partial charge in [-0.2, -0.15) is 5.26 Å². The third-order valence-corrected chi connectivity index (χ3v) is 9.92. The first kappa shape index (κ1) is 28.1. The number of nitrogens with zero attached hydrogens (tertiary/aromatic N) is 4. The summed E-state index contributed by atoms with van der Waals surface area (Å²) >= 11 is 0. The molecule has 5 aromatic rings. The van der Waals surface area contributed by atoms with E-state index in [1.54, 1.807) is 42.6 Å². The molecule has 9 nitrogen and oxygen atoms in total. The van der Waals surface area contributed by atoms with Crippen molar-refractivity contribution in [1.82, 2.24) is 14.3 Å². The normalized spacial score (nSPS) is 17.1. The summed E-state index contributed by atoms with van der Waals surface area (Å²) < 4.78 is 41.4. The Morgan fingerprint density at radius 3 is 2.45 bits per heavy atom. The number of morpholine rings is 1. The number of fused-ring (bicyclic) bond motifs is 1. The minimum Gasteiger partial charge on any atom is -0.488 e. The van der Waals surface area contributed by atoms with E-state index in [0.29, 0.717) is 41.3 Å². The molecule has 3 aromatic carbocycles.